The molecule has 0 saturated carbocycles. The van der Waals surface area contributed by atoms with Crippen molar-refractivity contribution in [1.29, 1.82) is 0 Å². The standard InChI is InChI=1S/C22H32ClN3O2/c1-2-3-4-5-6-7-8-9-20(27)26-14-12-22(13-15-26)24-19-11-10-17(23)16-18(19)21(28)25-22/h10-11,16,24H,2-9,12-15H2,1H3,(H,25,28). The maximum Gasteiger partial charge on any atom is 0.255 e. The van der Waals surface area contributed by atoms with Crippen LogP contribution in [-0.2, 0) is 4.79 Å². The Kier molecular flexibility index (Phi) is 7.22. The zero-order valence-electron chi connectivity index (χ0n) is 16.9. The number of fused-ring (bicyclic) bond motifs is 1. The number of nitrogens with zero attached hydrogens (tertiary/aromatic N) is 1. The summed E-state index contributed by atoms with van der Waals surface area (Å²) in [7, 11) is 0. The van der Waals surface area contributed by atoms with E-state index in [9.17, 15) is 9.59 Å². The number of nitrogens with one attached hydrogen (secondary N) is 2. The van der Waals surface area contributed by atoms with Crippen LogP contribution in [0.25, 0.3) is 0 Å². The quantitative estimate of drug-likeness (QED) is 0.601. The van der Waals surface area contributed by atoms with Crippen molar-refractivity contribution in [2.75, 3.05) is 18.4 Å². The van der Waals surface area contributed by atoms with Crippen LogP contribution in [0.5, 0.6) is 0 Å². The van der Waals surface area contributed by atoms with Gasteiger partial charge in [0.1, 0.15) is 5.66 Å². The van der Waals surface area contributed by atoms with E-state index >= 15 is 0 Å². The first-order valence-electron chi connectivity index (χ1n) is 10.7. The fraction of sp³-hybridized carbons (Fsp3) is 0.636. The number of amides is 2. The van der Waals surface area contributed by atoms with Crippen LogP contribution in [0.1, 0.15) is 81.5 Å². The monoisotopic (exact) mass is 405 g/mol. The van der Waals surface area contributed by atoms with E-state index in [0.29, 0.717) is 42.9 Å². The molecule has 0 aliphatic carbocycles. The molecule has 0 atom stereocenters. The number of rotatable bonds is 8. The molecule has 1 aromatic carbocycles. The van der Waals surface area contributed by atoms with Gasteiger partial charge in [0.25, 0.3) is 5.91 Å². The van der Waals surface area contributed by atoms with Gasteiger partial charge in [0, 0.05) is 43.1 Å². The summed E-state index contributed by atoms with van der Waals surface area (Å²) in [6, 6.07) is 5.34. The van der Waals surface area contributed by atoms with Gasteiger partial charge in [0.15, 0.2) is 0 Å². The number of anilines is 1. The smallest absolute Gasteiger partial charge is 0.255 e. The van der Waals surface area contributed by atoms with Gasteiger partial charge in [-0.15, -0.1) is 0 Å². The van der Waals surface area contributed by atoms with E-state index in [1.807, 2.05) is 11.0 Å². The summed E-state index contributed by atoms with van der Waals surface area (Å²) in [5.74, 6) is 0.150. The third-order valence-electron chi connectivity index (χ3n) is 5.92. The third kappa shape index (κ3) is 5.19. The van der Waals surface area contributed by atoms with Crippen LogP contribution in [-0.4, -0.2) is 35.5 Å². The summed E-state index contributed by atoms with van der Waals surface area (Å²) in [5, 5.41) is 7.14. The molecular formula is C22H32ClN3O2. The lowest BCUT2D eigenvalue weighted by Gasteiger charge is -2.46. The van der Waals surface area contributed by atoms with Crippen molar-refractivity contribution in [3.05, 3.63) is 28.8 Å². The molecular weight excluding hydrogens is 374 g/mol. The Morgan fingerprint density at radius 3 is 2.46 bits per heavy atom. The van der Waals surface area contributed by atoms with Crippen LogP contribution >= 0.6 is 11.6 Å². The van der Waals surface area contributed by atoms with E-state index in [1.165, 1.54) is 32.1 Å². The van der Waals surface area contributed by atoms with Crippen LogP contribution in [0.15, 0.2) is 18.2 Å². The Bertz CT molecular complexity index is 699. The molecule has 2 amide bonds. The molecule has 2 heterocycles. The molecule has 0 bridgehead atoms. The second-order valence-corrected chi connectivity index (χ2v) is 8.54. The van der Waals surface area contributed by atoms with Crippen LogP contribution < -0.4 is 10.6 Å². The van der Waals surface area contributed by atoms with Crippen molar-refractivity contribution >= 4 is 29.1 Å². The van der Waals surface area contributed by atoms with E-state index in [4.69, 9.17) is 11.6 Å². The highest BCUT2D eigenvalue weighted by atomic mass is 35.5. The molecule has 0 unspecified atom stereocenters. The van der Waals surface area contributed by atoms with E-state index in [-0.39, 0.29) is 11.8 Å². The van der Waals surface area contributed by atoms with Gasteiger partial charge in [-0.3, -0.25) is 9.59 Å². The van der Waals surface area contributed by atoms with Gasteiger partial charge in [-0.1, -0.05) is 57.0 Å². The predicted molar refractivity (Wildman–Crippen MR) is 114 cm³/mol. The average Bonchev–Trinajstić information content (AvgIpc) is 2.68. The van der Waals surface area contributed by atoms with Crippen molar-refractivity contribution in [2.24, 2.45) is 0 Å². The number of likely N-dealkylation sites (tertiary alicyclic amines) is 1. The number of piperidine rings is 1. The van der Waals surface area contributed by atoms with Gasteiger partial charge in [-0.25, -0.2) is 0 Å². The van der Waals surface area contributed by atoms with Crippen LogP contribution in [0.2, 0.25) is 5.02 Å². The molecule has 2 aliphatic heterocycles. The van der Waals surface area contributed by atoms with Gasteiger partial charge in [0.2, 0.25) is 5.91 Å². The number of carbonyl (C=O) groups excluding carboxylic acids is 2. The fourth-order valence-electron chi connectivity index (χ4n) is 4.17. The first-order valence-corrected chi connectivity index (χ1v) is 11.1. The van der Waals surface area contributed by atoms with Crippen molar-refractivity contribution in [3.63, 3.8) is 0 Å². The number of hydrogen-bond acceptors (Lipinski definition) is 3. The third-order valence-corrected chi connectivity index (χ3v) is 6.15. The topological polar surface area (TPSA) is 61.4 Å². The molecule has 3 rings (SSSR count). The summed E-state index contributed by atoms with van der Waals surface area (Å²) in [5.41, 5.74) is 0.931. The van der Waals surface area contributed by atoms with E-state index < -0.39 is 5.66 Å². The maximum atomic E-state index is 12.5. The molecule has 1 saturated heterocycles. The molecule has 2 N–H and O–H groups in total. The minimum absolute atomic E-state index is 0.0981. The molecule has 6 heteroatoms. The summed E-state index contributed by atoms with van der Waals surface area (Å²) in [6.07, 6.45) is 10.6. The first kappa shape index (κ1) is 21.0. The van der Waals surface area contributed by atoms with Gasteiger partial charge < -0.3 is 15.5 Å². The lowest BCUT2D eigenvalue weighted by atomic mass is 9.92. The Morgan fingerprint density at radius 1 is 1.07 bits per heavy atom. The van der Waals surface area contributed by atoms with Crippen LogP contribution in [0.3, 0.4) is 0 Å². The van der Waals surface area contributed by atoms with E-state index in [0.717, 1.165) is 18.5 Å². The normalized spacial score (nSPS) is 17.8. The molecule has 28 heavy (non-hydrogen) atoms. The van der Waals surface area contributed by atoms with Gasteiger partial charge in [0.05, 0.1) is 5.56 Å². The maximum absolute atomic E-state index is 12.5. The highest BCUT2D eigenvalue weighted by Gasteiger charge is 2.40. The lowest BCUT2D eigenvalue weighted by molar-refractivity contribution is -0.132. The SMILES string of the molecule is CCCCCCCCCC(=O)N1CCC2(CC1)NC(=O)c1cc(Cl)ccc1N2. The number of halogens is 1. The highest BCUT2D eigenvalue weighted by molar-refractivity contribution is 6.31. The van der Waals surface area contributed by atoms with E-state index in [2.05, 4.69) is 17.6 Å². The average molecular weight is 406 g/mol. The lowest BCUT2D eigenvalue weighted by Crippen LogP contribution is -2.62. The van der Waals surface area contributed by atoms with Gasteiger partial charge >= 0.3 is 0 Å². The highest BCUT2D eigenvalue weighted by Crippen LogP contribution is 2.32. The van der Waals surface area contributed by atoms with Crippen LogP contribution in [0, 0.1) is 0 Å². The first-order chi connectivity index (χ1) is 13.5. The van der Waals surface area contributed by atoms with Crippen molar-refractivity contribution in [2.45, 2.75) is 76.8 Å². The summed E-state index contributed by atoms with van der Waals surface area (Å²) < 4.78 is 0. The molecule has 0 radical (unpaired) electrons. The number of unbranched alkanes of at least 4 members (excludes halogenated alkanes) is 6. The molecule has 1 fully saturated rings. The zero-order valence-corrected chi connectivity index (χ0v) is 17.6. The summed E-state index contributed by atoms with van der Waals surface area (Å²) in [4.78, 5) is 27.0. The fourth-order valence-corrected chi connectivity index (χ4v) is 4.34. The number of carbonyl (C=O) groups is 2. The van der Waals surface area contributed by atoms with Crippen molar-refractivity contribution < 1.29 is 9.59 Å². The molecule has 2 aliphatic rings. The summed E-state index contributed by atoms with van der Waals surface area (Å²) in [6.45, 7) is 3.57. The van der Waals surface area contributed by atoms with Crippen molar-refractivity contribution in [1.82, 2.24) is 10.2 Å². The molecule has 0 aromatic heterocycles. The van der Waals surface area contributed by atoms with Crippen LogP contribution in [0.4, 0.5) is 5.69 Å². The van der Waals surface area contributed by atoms with Gasteiger partial charge in [-0.2, -0.15) is 0 Å². The zero-order chi connectivity index (χ0) is 20.0. The Balaban J connectivity index is 1.43. The molecule has 154 valence electrons. The summed E-state index contributed by atoms with van der Waals surface area (Å²) >= 11 is 6.00. The predicted octanol–water partition coefficient (Wildman–Crippen LogP) is 4.95. The number of hydrogen-bond donors (Lipinski definition) is 2. The minimum Gasteiger partial charge on any atom is -0.362 e. The second kappa shape index (κ2) is 9.64. The minimum atomic E-state index is -0.464. The number of benzene rings is 1. The Hall–Kier alpha value is -1.75. The Morgan fingerprint density at radius 2 is 1.75 bits per heavy atom. The largest absolute Gasteiger partial charge is 0.362 e. The molecule has 5 nitrogen and oxygen atoms in total. The molecule has 1 spiro atoms. The second-order valence-electron chi connectivity index (χ2n) is 8.10. The molecule has 1 aromatic rings. The Labute approximate surface area is 173 Å². The van der Waals surface area contributed by atoms with Gasteiger partial charge in [-0.05, 0) is 24.6 Å². The van der Waals surface area contributed by atoms with Crippen molar-refractivity contribution in [3.8, 4) is 0 Å². The van der Waals surface area contributed by atoms with E-state index in [1.54, 1.807) is 12.1 Å².